The average molecular weight is 348 g/mol. The maximum absolute atomic E-state index is 12.1. The number of likely N-dealkylation sites (tertiary alicyclic amines) is 1. The maximum Gasteiger partial charge on any atom is 0.410 e. The minimum atomic E-state index is -0.451. The zero-order valence-corrected chi connectivity index (χ0v) is 15.3. The predicted octanol–water partition coefficient (Wildman–Crippen LogP) is 2.79. The molecule has 0 bridgehead atoms. The molecule has 0 spiro atoms. The summed E-state index contributed by atoms with van der Waals surface area (Å²) in [6, 6.07) is 2.33. The summed E-state index contributed by atoms with van der Waals surface area (Å²) in [5.41, 5.74) is 0.592. The fourth-order valence-corrected chi connectivity index (χ4v) is 3.18. The summed E-state index contributed by atoms with van der Waals surface area (Å²) >= 11 is 0. The first-order valence-electron chi connectivity index (χ1n) is 9.05. The van der Waals surface area contributed by atoms with Crippen LogP contribution in [0.25, 0.3) is 0 Å². The maximum atomic E-state index is 12.1. The second-order valence-electron chi connectivity index (χ2n) is 7.77. The number of hydrogen-bond donors (Lipinski definition) is 1. The lowest BCUT2D eigenvalue weighted by atomic mass is 10.0. The van der Waals surface area contributed by atoms with Gasteiger partial charge >= 0.3 is 6.09 Å². The van der Waals surface area contributed by atoms with Gasteiger partial charge in [0.25, 0.3) is 0 Å². The Morgan fingerprint density at radius 3 is 2.68 bits per heavy atom. The summed E-state index contributed by atoms with van der Waals surface area (Å²) in [5, 5.41) is 3.48. The minimum Gasteiger partial charge on any atom is -0.444 e. The SMILES string of the molecule is CC(C)(C)OC(=O)N1CCC(Nc2cc(C3CCOC3)ncn2)CC1. The van der Waals surface area contributed by atoms with Crippen molar-refractivity contribution in [2.45, 2.75) is 57.6 Å². The lowest BCUT2D eigenvalue weighted by Crippen LogP contribution is -2.44. The van der Waals surface area contributed by atoms with E-state index < -0.39 is 5.60 Å². The Morgan fingerprint density at radius 2 is 2.04 bits per heavy atom. The molecule has 7 nitrogen and oxygen atoms in total. The van der Waals surface area contributed by atoms with Crippen molar-refractivity contribution in [3.63, 3.8) is 0 Å². The average Bonchev–Trinajstić information content (AvgIpc) is 3.09. The Morgan fingerprint density at radius 1 is 1.28 bits per heavy atom. The first-order chi connectivity index (χ1) is 11.9. The number of nitrogens with zero attached hydrogens (tertiary/aromatic N) is 3. The third kappa shape index (κ3) is 5.04. The number of piperidine rings is 1. The van der Waals surface area contributed by atoms with E-state index in [1.165, 1.54) is 0 Å². The summed E-state index contributed by atoms with van der Waals surface area (Å²) in [7, 11) is 0. The molecule has 1 N–H and O–H groups in total. The van der Waals surface area contributed by atoms with Gasteiger partial charge in [0.15, 0.2) is 0 Å². The number of aromatic nitrogens is 2. The second kappa shape index (κ2) is 7.56. The molecule has 2 saturated heterocycles. The normalized spacial score (nSPS) is 22.0. The van der Waals surface area contributed by atoms with E-state index in [-0.39, 0.29) is 6.09 Å². The van der Waals surface area contributed by atoms with Crippen molar-refractivity contribution in [2.75, 3.05) is 31.6 Å². The summed E-state index contributed by atoms with van der Waals surface area (Å²) in [6.07, 6.45) is 4.17. The smallest absolute Gasteiger partial charge is 0.410 e. The van der Waals surface area contributed by atoms with Crippen LogP contribution in [0.1, 0.15) is 51.6 Å². The first kappa shape index (κ1) is 17.9. The fraction of sp³-hybridized carbons (Fsp3) is 0.722. The predicted molar refractivity (Wildman–Crippen MR) is 94.7 cm³/mol. The van der Waals surface area contributed by atoms with Gasteiger partial charge in [-0.15, -0.1) is 0 Å². The van der Waals surface area contributed by atoms with Crippen LogP contribution in [0.2, 0.25) is 0 Å². The largest absolute Gasteiger partial charge is 0.444 e. The Kier molecular flexibility index (Phi) is 5.42. The molecule has 0 radical (unpaired) electrons. The quantitative estimate of drug-likeness (QED) is 0.905. The molecular weight excluding hydrogens is 320 g/mol. The zero-order chi connectivity index (χ0) is 17.9. The minimum absolute atomic E-state index is 0.225. The highest BCUT2D eigenvalue weighted by Crippen LogP contribution is 2.25. The van der Waals surface area contributed by atoms with Crippen molar-refractivity contribution in [1.29, 1.82) is 0 Å². The number of anilines is 1. The van der Waals surface area contributed by atoms with Crippen LogP contribution in [0, 0.1) is 0 Å². The van der Waals surface area contributed by atoms with E-state index in [0.717, 1.165) is 44.0 Å². The van der Waals surface area contributed by atoms with E-state index in [9.17, 15) is 4.79 Å². The zero-order valence-electron chi connectivity index (χ0n) is 15.3. The van der Waals surface area contributed by atoms with Gasteiger partial charge in [-0.3, -0.25) is 0 Å². The van der Waals surface area contributed by atoms with Crippen LogP contribution in [0.5, 0.6) is 0 Å². The molecule has 7 heteroatoms. The van der Waals surface area contributed by atoms with Crippen LogP contribution >= 0.6 is 0 Å². The van der Waals surface area contributed by atoms with Gasteiger partial charge in [-0.1, -0.05) is 0 Å². The van der Waals surface area contributed by atoms with Crippen LogP contribution in [0.4, 0.5) is 10.6 Å². The lowest BCUT2D eigenvalue weighted by molar-refractivity contribution is 0.0210. The highest BCUT2D eigenvalue weighted by molar-refractivity contribution is 5.68. The number of nitrogens with one attached hydrogen (secondary N) is 1. The second-order valence-corrected chi connectivity index (χ2v) is 7.77. The molecule has 1 atom stereocenters. The molecule has 138 valence electrons. The Balaban J connectivity index is 1.50. The summed E-state index contributed by atoms with van der Waals surface area (Å²) in [5.74, 6) is 1.23. The molecular formula is C18H28N4O3. The molecule has 2 aliphatic rings. The number of ether oxygens (including phenoxy) is 2. The van der Waals surface area contributed by atoms with E-state index in [1.807, 2.05) is 26.8 Å². The lowest BCUT2D eigenvalue weighted by Gasteiger charge is -2.33. The molecule has 1 aromatic heterocycles. The van der Waals surface area contributed by atoms with Gasteiger partial charge in [0.05, 0.1) is 12.3 Å². The van der Waals surface area contributed by atoms with E-state index >= 15 is 0 Å². The van der Waals surface area contributed by atoms with E-state index in [4.69, 9.17) is 9.47 Å². The monoisotopic (exact) mass is 348 g/mol. The molecule has 1 unspecified atom stereocenters. The third-order valence-corrected chi connectivity index (χ3v) is 4.53. The van der Waals surface area contributed by atoms with E-state index in [1.54, 1.807) is 11.2 Å². The van der Waals surface area contributed by atoms with Crippen LogP contribution in [0.15, 0.2) is 12.4 Å². The molecule has 0 saturated carbocycles. The topological polar surface area (TPSA) is 76.6 Å². The molecule has 2 fully saturated rings. The molecule has 3 heterocycles. The van der Waals surface area contributed by atoms with Crippen molar-refractivity contribution in [3.05, 3.63) is 18.1 Å². The van der Waals surface area contributed by atoms with Crippen molar-refractivity contribution < 1.29 is 14.3 Å². The highest BCUT2D eigenvalue weighted by Gasteiger charge is 2.27. The van der Waals surface area contributed by atoms with Crippen molar-refractivity contribution in [2.24, 2.45) is 0 Å². The molecule has 25 heavy (non-hydrogen) atoms. The molecule has 3 rings (SSSR count). The summed E-state index contributed by atoms with van der Waals surface area (Å²) in [6.45, 7) is 8.61. The van der Waals surface area contributed by atoms with Crippen molar-refractivity contribution in [3.8, 4) is 0 Å². The van der Waals surface area contributed by atoms with Crippen LogP contribution < -0.4 is 5.32 Å². The van der Waals surface area contributed by atoms with Gasteiger partial charge in [0.1, 0.15) is 17.7 Å². The molecule has 1 aromatic rings. The third-order valence-electron chi connectivity index (χ3n) is 4.53. The van der Waals surface area contributed by atoms with Gasteiger partial charge in [0, 0.05) is 37.7 Å². The van der Waals surface area contributed by atoms with Gasteiger partial charge in [-0.05, 0) is 40.0 Å². The van der Waals surface area contributed by atoms with E-state index in [2.05, 4.69) is 15.3 Å². The number of hydrogen-bond acceptors (Lipinski definition) is 6. The number of carbonyl (C=O) groups excluding carboxylic acids is 1. The Labute approximate surface area is 149 Å². The summed E-state index contributed by atoms with van der Waals surface area (Å²) in [4.78, 5) is 22.6. The van der Waals surface area contributed by atoms with Crippen LogP contribution in [-0.2, 0) is 9.47 Å². The molecule has 1 amide bonds. The summed E-state index contributed by atoms with van der Waals surface area (Å²) < 4.78 is 10.9. The first-order valence-corrected chi connectivity index (χ1v) is 9.05. The standard InChI is InChI=1S/C18H28N4O3/c1-18(2,3)25-17(23)22-7-4-14(5-8-22)21-16-10-15(19-12-20-16)13-6-9-24-11-13/h10,12-14H,4-9,11H2,1-3H3,(H,19,20,21). The van der Waals surface area contributed by atoms with Gasteiger partial charge in [0.2, 0.25) is 0 Å². The van der Waals surface area contributed by atoms with E-state index in [0.29, 0.717) is 25.0 Å². The van der Waals surface area contributed by atoms with Gasteiger partial charge < -0.3 is 19.7 Å². The number of carbonyl (C=O) groups is 1. The Bertz CT molecular complexity index is 588. The molecule has 0 aromatic carbocycles. The molecule has 2 aliphatic heterocycles. The number of rotatable bonds is 3. The fourth-order valence-electron chi connectivity index (χ4n) is 3.18. The van der Waals surface area contributed by atoms with Crippen LogP contribution in [-0.4, -0.2) is 58.9 Å². The van der Waals surface area contributed by atoms with Crippen LogP contribution in [0.3, 0.4) is 0 Å². The Hall–Kier alpha value is -1.89. The van der Waals surface area contributed by atoms with Gasteiger partial charge in [-0.25, -0.2) is 14.8 Å². The van der Waals surface area contributed by atoms with Gasteiger partial charge in [-0.2, -0.15) is 0 Å². The molecule has 0 aliphatic carbocycles. The highest BCUT2D eigenvalue weighted by atomic mass is 16.6. The van der Waals surface area contributed by atoms with Crippen molar-refractivity contribution >= 4 is 11.9 Å². The van der Waals surface area contributed by atoms with Crippen molar-refractivity contribution in [1.82, 2.24) is 14.9 Å². The number of amides is 1.